The maximum atomic E-state index is 5.72. The van der Waals surface area contributed by atoms with Gasteiger partial charge in [-0.05, 0) is 64.7 Å². The van der Waals surface area contributed by atoms with Crippen molar-refractivity contribution in [3.8, 4) is 0 Å². The fraction of sp³-hybridized carbons (Fsp3) is 1.00. The molecule has 2 heteroatoms. The smallest absolute Gasteiger partial charge is 0.0576 e. The van der Waals surface area contributed by atoms with Crippen LogP contribution in [0, 0.1) is 5.41 Å². The zero-order valence-corrected chi connectivity index (χ0v) is 12.6. The van der Waals surface area contributed by atoms with E-state index >= 15 is 0 Å². The third-order valence-electron chi connectivity index (χ3n) is 4.67. The predicted molar refractivity (Wildman–Crippen MR) is 76.9 cm³/mol. The largest absolute Gasteiger partial charge is 0.378 e. The second-order valence-electron chi connectivity index (χ2n) is 7.48. The van der Waals surface area contributed by atoms with E-state index in [0.717, 1.165) is 6.61 Å². The van der Waals surface area contributed by atoms with Gasteiger partial charge in [-0.25, -0.2) is 0 Å². The molecule has 106 valence electrons. The van der Waals surface area contributed by atoms with Crippen LogP contribution in [0.5, 0.6) is 0 Å². The maximum Gasteiger partial charge on any atom is 0.0576 e. The highest BCUT2D eigenvalue weighted by Crippen LogP contribution is 2.45. The van der Waals surface area contributed by atoms with Gasteiger partial charge in [-0.3, -0.25) is 0 Å². The van der Waals surface area contributed by atoms with Gasteiger partial charge in [0, 0.05) is 18.7 Å². The van der Waals surface area contributed by atoms with E-state index in [9.17, 15) is 0 Å². The Bertz CT molecular complexity index is 246. The summed E-state index contributed by atoms with van der Waals surface area (Å²) >= 11 is 0. The molecule has 2 nitrogen and oxygen atoms in total. The van der Waals surface area contributed by atoms with Gasteiger partial charge < -0.3 is 10.1 Å². The first kappa shape index (κ1) is 14.3. The lowest BCUT2D eigenvalue weighted by molar-refractivity contribution is 0.0762. The zero-order valence-electron chi connectivity index (χ0n) is 12.6. The molecule has 0 aromatic heterocycles. The van der Waals surface area contributed by atoms with Crippen molar-refractivity contribution in [2.45, 2.75) is 83.8 Å². The summed E-state index contributed by atoms with van der Waals surface area (Å²) in [7, 11) is 0. The Kier molecular flexibility index (Phi) is 4.71. The molecule has 0 spiro atoms. The van der Waals surface area contributed by atoms with Gasteiger partial charge in [0.15, 0.2) is 0 Å². The number of hydrogen-bond acceptors (Lipinski definition) is 2. The van der Waals surface area contributed by atoms with Crippen molar-refractivity contribution in [3.63, 3.8) is 0 Å². The molecule has 2 rings (SSSR count). The van der Waals surface area contributed by atoms with Crippen molar-refractivity contribution in [1.29, 1.82) is 0 Å². The van der Waals surface area contributed by atoms with Gasteiger partial charge >= 0.3 is 0 Å². The van der Waals surface area contributed by atoms with Crippen LogP contribution in [0.2, 0.25) is 0 Å². The van der Waals surface area contributed by atoms with Gasteiger partial charge in [0.25, 0.3) is 0 Å². The van der Waals surface area contributed by atoms with Crippen molar-refractivity contribution in [3.05, 3.63) is 0 Å². The second-order valence-corrected chi connectivity index (χ2v) is 7.48. The summed E-state index contributed by atoms with van der Waals surface area (Å²) in [5.74, 6) is 0. The molecule has 1 unspecified atom stereocenters. The van der Waals surface area contributed by atoms with E-state index in [0.29, 0.717) is 11.5 Å². The maximum absolute atomic E-state index is 5.72. The molecule has 1 aliphatic carbocycles. The SMILES string of the molecule is CC(C)(C)NCC1(CCCC2CCCO2)CCC1. The van der Waals surface area contributed by atoms with Crippen molar-refractivity contribution < 1.29 is 4.74 Å². The van der Waals surface area contributed by atoms with Crippen molar-refractivity contribution in [1.82, 2.24) is 5.32 Å². The molecule has 1 aliphatic heterocycles. The molecule has 1 saturated carbocycles. The molecule has 0 aromatic carbocycles. The van der Waals surface area contributed by atoms with Crippen molar-refractivity contribution >= 4 is 0 Å². The first-order chi connectivity index (χ1) is 8.49. The first-order valence-electron chi connectivity index (χ1n) is 7.86. The molecule has 0 bridgehead atoms. The molecule has 18 heavy (non-hydrogen) atoms. The second kappa shape index (κ2) is 5.92. The molecular formula is C16H31NO. The summed E-state index contributed by atoms with van der Waals surface area (Å²) in [5, 5.41) is 3.71. The minimum absolute atomic E-state index is 0.261. The number of hydrogen-bond donors (Lipinski definition) is 1. The van der Waals surface area contributed by atoms with E-state index < -0.39 is 0 Å². The molecule has 1 N–H and O–H groups in total. The van der Waals surface area contributed by atoms with Crippen LogP contribution in [0.1, 0.15) is 72.1 Å². The number of ether oxygens (including phenoxy) is 1. The van der Waals surface area contributed by atoms with Gasteiger partial charge in [0.1, 0.15) is 0 Å². The Morgan fingerprint density at radius 3 is 2.50 bits per heavy atom. The topological polar surface area (TPSA) is 21.3 Å². The Hall–Kier alpha value is -0.0800. The summed E-state index contributed by atoms with van der Waals surface area (Å²) in [6.07, 6.45) is 11.5. The van der Waals surface area contributed by atoms with Crippen LogP contribution in [0.3, 0.4) is 0 Å². The fourth-order valence-electron chi connectivity index (χ4n) is 3.22. The van der Waals surface area contributed by atoms with Crippen LogP contribution >= 0.6 is 0 Å². The van der Waals surface area contributed by atoms with Crippen LogP contribution in [0.4, 0.5) is 0 Å². The molecule has 1 saturated heterocycles. The van der Waals surface area contributed by atoms with E-state index in [1.165, 1.54) is 57.9 Å². The van der Waals surface area contributed by atoms with E-state index in [1.54, 1.807) is 0 Å². The highest BCUT2D eigenvalue weighted by molar-refractivity contribution is 4.91. The van der Waals surface area contributed by atoms with Crippen LogP contribution in [0.15, 0.2) is 0 Å². The quantitative estimate of drug-likeness (QED) is 0.775. The van der Waals surface area contributed by atoms with E-state index in [4.69, 9.17) is 4.74 Å². The van der Waals surface area contributed by atoms with Crippen molar-refractivity contribution in [2.24, 2.45) is 5.41 Å². The first-order valence-corrected chi connectivity index (χ1v) is 7.86. The molecule has 2 aliphatic rings. The molecule has 2 fully saturated rings. The molecule has 1 atom stereocenters. The lowest BCUT2D eigenvalue weighted by Crippen LogP contribution is -2.46. The van der Waals surface area contributed by atoms with E-state index in [2.05, 4.69) is 26.1 Å². The zero-order chi connectivity index (χ0) is 13.1. The Balaban J connectivity index is 1.67. The van der Waals surface area contributed by atoms with E-state index in [-0.39, 0.29) is 5.54 Å². The van der Waals surface area contributed by atoms with E-state index in [1.807, 2.05) is 0 Å². The summed E-state index contributed by atoms with van der Waals surface area (Å²) in [4.78, 5) is 0. The predicted octanol–water partition coefficient (Wildman–Crippen LogP) is 3.89. The minimum atomic E-state index is 0.261. The van der Waals surface area contributed by atoms with Crippen molar-refractivity contribution in [2.75, 3.05) is 13.2 Å². The number of rotatable bonds is 6. The van der Waals surface area contributed by atoms with Crippen LogP contribution < -0.4 is 5.32 Å². The Morgan fingerprint density at radius 2 is 2.00 bits per heavy atom. The van der Waals surface area contributed by atoms with Gasteiger partial charge in [-0.15, -0.1) is 0 Å². The molecule has 0 amide bonds. The van der Waals surface area contributed by atoms with Gasteiger partial charge in [0.2, 0.25) is 0 Å². The third kappa shape index (κ3) is 4.24. The molecular weight excluding hydrogens is 222 g/mol. The highest BCUT2D eigenvalue weighted by atomic mass is 16.5. The highest BCUT2D eigenvalue weighted by Gasteiger charge is 2.37. The van der Waals surface area contributed by atoms with Gasteiger partial charge in [-0.2, -0.15) is 0 Å². The van der Waals surface area contributed by atoms with Crippen LogP contribution in [0.25, 0.3) is 0 Å². The molecule has 0 radical (unpaired) electrons. The summed E-state index contributed by atoms with van der Waals surface area (Å²) < 4.78 is 5.72. The Morgan fingerprint density at radius 1 is 1.22 bits per heavy atom. The molecule has 0 aromatic rings. The monoisotopic (exact) mass is 253 g/mol. The summed E-state index contributed by atoms with van der Waals surface area (Å²) in [6.45, 7) is 9.02. The standard InChI is InChI=1S/C16H31NO/c1-15(2,3)17-13-16(10-6-11-16)9-4-7-14-8-5-12-18-14/h14,17H,4-13H2,1-3H3. The van der Waals surface area contributed by atoms with Crippen LogP contribution in [-0.4, -0.2) is 24.8 Å². The lowest BCUT2D eigenvalue weighted by Gasteiger charge is -2.44. The lowest BCUT2D eigenvalue weighted by atomic mass is 9.65. The Labute approximate surface area is 113 Å². The number of nitrogens with one attached hydrogen (secondary N) is 1. The normalized spacial score (nSPS) is 27.2. The van der Waals surface area contributed by atoms with Crippen LogP contribution in [-0.2, 0) is 4.74 Å². The average molecular weight is 253 g/mol. The third-order valence-corrected chi connectivity index (χ3v) is 4.67. The molecule has 1 heterocycles. The van der Waals surface area contributed by atoms with Gasteiger partial charge in [0.05, 0.1) is 6.10 Å². The van der Waals surface area contributed by atoms with Gasteiger partial charge in [-0.1, -0.05) is 12.8 Å². The average Bonchev–Trinajstić information content (AvgIpc) is 2.72. The summed E-state index contributed by atoms with van der Waals surface area (Å²) in [6, 6.07) is 0. The fourth-order valence-corrected chi connectivity index (χ4v) is 3.22. The minimum Gasteiger partial charge on any atom is -0.378 e. The summed E-state index contributed by atoms with van der Waals surface area (Å²) in [5.41, 5.74) is 0.878.